The van der Waals surface area contributed by atoms with Crippen LogP contribution in [0.4, 0.5) is 17.5 Å². The maximum absolute atomic E-state index is 5.95. The molecule has 0 spiro atoms. The molecule has 1 aromatic heterocycles. The maximum Gasteiger partial charge on any atom is 0.229 e. The first-order valence-corrected chi connectivity index (χ1v) is 6.71. The monoisotopic (exact) mass is 276 g/mol. The molecular formula is C14H17ClN4. The summed E-state index contributed by atoms with van der Waals surface area (Å²) in [5, 5.41) is 3.84. The van der Waals surface area contributed by atoms with E-state index in [0.717, 1.165) is 24.6 Å². The van der Waals surface area contributed by atoms with Crippen LogP contribution in [0.5, 0.6) is 0 Å². The molecule has 2 aromatic rings. The number of anilines is 3. The molecule has 0 unspecified atom stereocenters. The van der Waals surface area contributed by atoms with Crippen molar-refractivity contribution in [3.8, 4) is 0 Å². The van der Waals surface area contributed by atoms with Crippen molar-refractivity contribution in [2.45, 2.75) is 13.8 Å². The number of hydrogen-bond donors (Lipinski definition) is 1. The van der Waals surface area contributed by atoms with Crippen molar-refractivity contribution in [2.75, 3.05) is 23.3 Å². The second-order valence-electron chi connectivity index (χ2n) is 4.05. The van der Waals surface area contributed by atoms with Gasteiger partial charge in [0, 0.05) is 30.0 Å². The van der Waals surface area contributed by atoms with Gasteiger partial charge in [0.2, 0.25) is 5.95 Å². The summed E-state index contributed by atoms with van der Waals surface area (Å²) < 4.78 is 0. The standard InChI is InChI=1S/C14H17ClN4/c1-3-19(4-2)13-8-9-16-14(18-13)17-12-7-5-6-11(15)10-12/h5-10H,3-4H2,1-2H3,(H,16,17,18). The van der Waals surface area contributed by atoms with Gasteiger partial charge in [-0.05, 0) is 38.1 Å². The van der Waals surface area contributed by atoms with Gasteiger partial charge < -0.3 is 10.2 Å². The Labute approximate surface area is 118 Å². The van der Waals surface area contributed by atoms with Crippen LogP contribution in [0.25, 0.3) is 0 Å². The van der Waals surface area contributed by atoms with Gasteiger partial charge in [0.15, 0.2) is 0 Å². The zero-order valence-electron chi connectivity index (χ0n) is 11.1. The lowest BCUT2D eigenvalue weighted by molar-refractivity contribution is 0.843. The molecule has 1 heterocycles. The molecule has 0 bridgehead atoms. The number of nitrogens with zero attached hydrogens (tertiary/aromatic N) is 3. The van der Waals surface area contributed by atoms with E-state index in [9.17, 15) is 0 Å². The van der Waals surface area contributed by atoms with Crippen LogP contribution in [0.15, 0.2) is 36.5 Å². The van der Waals surface area contributed by atoms with Gasteiger partial charge in [0.1, 0.15) is 5.82 Å². The van der Waals surface area contributed by atoms with Gasteiger partial charge in [-0.2, -0.15) is 4.98 Å². The van der Waals surface area contributed by atoms with E-state index in [1.54, 1.807) is 6.20 Å². The topological polar surface area (TPSA) is 41.1 Å². The molecule has 0 amide bonds. The van der Waals surface area contributed by atoms with Gasteiger partial charge in [-0.25, -0.2) is 4.98 Å². The molecule has 5 heteroatoms. The number of hydrogen-bond acceptors (Lipinski definition) is 4. The third kappa shape index (κ3) is 3.58. The molecule has 1 N–H and O–H groups in total. The van der Waals surface area contributed by atoms with Crippen molar-refractivity contribution in [3.63, 3.8) is 0 Å². The first-order valence-electron chi connectivity index (χ1n) is 6.33. The summed E-state index contributed by atoms with van der Waals surface area (Å²) in [5.74, 6) is 1.50. The third-order valence-electron chi connectivity index (χ3n) is 2.81. The van der Waals surface area contributed by atoms with Gasteiger partial charge in [0.25, 0.3) is 0 Å². The highest BCUT2D eigenvalue weighted by molar-refractivity contribution is 6.30. The van der Waals surface area contributed by atoms with E-state index in [1.807, 2.05) is 30.3 Å². The Hall–Kier alpha value is -1.81. The molecule has 0 saturated heterocycles. The van der Waals surface area contributed by atoms with Crippen molar-refractivity contribution in [2.24, 2.45) is 0 Å². The molecule has 4 nitrogen and oxygen atoms in total. The average molecular weight is 277 g/mol. The summed E-state index contributed by atoms with van der Waals surface area (Å²) in [5.41, 5.74) is 0.879. The summed E-state index contributed by atoms with van der Waals surface area (Å²) >= 11 is 5.95. The summed E-state index contributed by atoms with van der Waals surface area (Å²) in [6.45, 7) is 6.06. The predicted octanol–water partition coefficient (Wildman–Crippen LogP) is 3.72. The van der Waals surface area contributed by atoms with Crippen LogP contribution in [-0.2, 0) is 0 Å². The Bertz CT molecular complexity index is 540. The number of benzene rings is 1. The molecule has 0 aliphatic rings. The van der Waals surface area contributed by atoms with E-state index in [2.05, 4.69) is 34.0 Å². The van der Waals surface area contributed by atoms with Crippen LogP contribution in [0.3, 0.4) is 0 Å². The van der Waals surface area contributed by atoms with E-state index in [0.29, 0.717) is 11.0 Å². The first kappa shape index (κ1) is 13.6. The fourth-order valence-corrected chi connectivity index (χ4v) is 2.02. The van der Waals surface area contributed by atoms with E-state index in [4.69, 9.17) is 11.6 Å². The van der Waals surface area contributed by atoms with Gasteiger partial charge >= 0.3 is 0 Å². The highest BCUT2D eigenvalue weighted by Crippen LogP contribution is 2.19. The fourth-order valence-electron chi connectivity index (χ4n) is 1.83. The predicted molar refractivity (Wildman–Crippen MR) is 80.3 cm³/mol. The lowest BCUT2D eigenvalue weighted by atomic mass is 10.3. The molecule has 0 saturated carbocycles. The van der Waals surface area contributed by atoms with Crippen molar-refractivity contribution in [3.05, 3.63) is 41.6 Å². The number of halogens is 1. The lowest BCUT2D eigenvalue weighted by Crippen LogP contribution is -2.23. The summed E-state index contributed by atoms with van der Waals surface area (Å²) in [4.78, 5) is 10.9. The number of rotatable bonds is 5. The zero-order chi connectivity index (χ0) is 13.7. The molecule has 0 radical (unpaired) electrons. The van der Waals surface area contributed by atoms with Gasteiger partial charge in [-0.3, -0.25) is 0 Å². The van der Waals surface area contributed by atoms with Crippen LogP contribution in [0, 0.1) is 0 Å². The Balaban J connectivity index is 2.19. The molecular weight excluding hydrogens is 260 g/mol. The number of nitrogens with one attached hydrogen (secondary N) is 1. The first-order chi connectivity index (χ1) is 9.22. The average Bonchev–Trinajstić information content (AvgIpc) is 2.41. The molecule has 0 aliphatic carbocycles. The Kier molecular flexibility index (Phi) is 4.58. The van der Waals surface area contributed by atoms with Crippen LogP contribution >= 0.6 is 11.6 Å². The second kappa shape index (κ2) is 6.38. The van der Waals surface area contributed by atoms with Crippen LogP contribution in [0.1, 0.15) is 13.8 Å². The molecule has 1 aromatic carbocycles. The Morgan fingerprint density at radius 1 is 1.21 bits per heavy atom. The van der Waals surface area contributed by atoms with Crippen molar-refractivity contribution >= 4 is 29.1 Å². The Morgan fingerprint density at radius 2 is 2.00 bits per heavy atom. The van der Waals surface area contributed by atoms with E-state index < -0.39 is 0 Å². The van der Waals surface area contributed by atoms with Gasteiger partial charge in [-0.15, -0.1) is 0 Å². The fraction of sp³-hybridized carbons (Fsp3) is 0.286. The Morgan fingerprint density at radius 3 is 2.68 bits per heavy atom. The molecule has 2 rings (SSSR count). The molecule has 0 fully saturated rings. The molecule has 100 valence electrons. The van der Waals surface area contributed by atoms with Crippen molar-refractivity contribution < 1.29 is 0 Å². The summed E-state index contributed by atoms with van der Waals surface area (Å²) in [7, 11) is 0. The second-order valence-corrected chi connectivity index (χ2v) is 4.48. The molecule has 19 heavy (non-hydrogen) atoms. The maximum atomic E-state index is 5.95. The van der Waals surface area contributed by atoms with E-state index in [1.165, 1.54) is 0 Å². The quantitative estimate of drug-likeness (QED) is 0.904. The van der Waals surface area contributed by atoms with Gasteiger partial charge in [-0.1, -0.05) is 17.7 Å². The van der Waals surface area contributed by atoms with E-state index >= 15 is 0 Å². The number of aromatic nitrogens is 2. The minimum Gasteiger partial charge on any atom is -0.357 e. The molecule has 0 aliphatic heterocycles. The minimum atomic E-state index is 0.576. The molecule has 0 atom stereocenters. The largest absolute Gasteiger partial charge is 0.357 e. The van der Waals surface area contributed by atoms with Crippen molar-refractivity contribution in [1.29, 1.82) is 0 Å². The minimum absolute atomic E-state index is 0.576. The summed E-state index contributed by atoms with van der Waals surface area (Å²) in [6.07, 6.45) is 1.76. The third-order valence-corrected chi connectivity index (χ3v) is 3.04. The van der Waals surface area contributed by atoms with Gasteiger partial charge in [0.05, 0.1) is 0 Å². The normalized spacial score (nSPS) is 10.3. The summed E-state index contributed by atoms with van der Waals surface area (Å²) in [6, 6.07) is 9.41. The lowest BCUT2D eigenvalue weighted by Gasteiger charge is -2.19. The van der Waals surface area contributed by atoms with Crippen molar-refractivity contribution in [1.82, 2.24) is 9.97 Å². The smallest absolute Gasteiger partial charge is 0.229 e. The highest BCUT2D eigenvalue weighted by atomic mass is 35.5. The SMILES string of the molecule is CCN(CC)c1ccnc(Nc2cccc(Cl)c2)n1. The van der Waals surface area contributed by atoms with Crippen LogP contribution < -0.4 is 10.2 Å². The van der Waals surface area contributed by atoms with E-state index in [-0.39, 0.29) is 0 Å². The van der Waals surface area contributed by atoms with Crippen LogP contribution in [-0.4, -0.2) is 23.1 Å². The van der Waals surface area contributed by atoms with Crippen LogP contribution in [0.2, 0.25) is 5.02 Å². The zero-order valence-corrected chi connectivity index (χ0v) is 11.9. The highest BCUT2D eigenvalue weighted by Gasteiger charge is 2.05.